The van der Waals surface area contributed by atoms with Gasteiger partial charge in [-0.3, -0.25) is 14.9 Å². The van der Waals surface area contributed by atoms with Gasteiger partial charge in [0.15, 0.2) is 12.7 Å². The first kappa shape index (κ1) is 20.3. The van der Waals surface area contributed by atoms with Gasteiger partial charge < -0.3 is 14.8 Å². The number of nitro benzene ring substituents is 1. The average Bonchev–Trinajstić information content (AvgIpc) is 2.67. The Balaban J connectivity index is 1.87. The van der Waals surface area contributed by atoms with E-state index in [1.54, 1.807) is 0 Å². The summed E-state index contributed by atoms with van der Waals surface area (Å²) in [5, 5.41) is 21.7. The molecular weight excluding hydrogens is 373 g/mol. The van der Waals surface area contributed by atoms with Crippen LogP contribution in [0.4, 0.5) is 15.8 Å². The normalized spacial score (nSPS) is 11.0. The van der Waals surface area contributed by atoms with Crippen molar-refractivity contribution in [2.45, 2.75) is 13.0 Å². The van der Waals surface area contributed by atoms with Crippen molar-refractivity contribution in [1.29, 1.82) is 5.26 Å². The number of nitrogens with one attached hydrogen (secondary N) is 1. The Hall–Kier alpha value is -4.00. The molecule has 0 saturated heterocycles. The van der Waals surface area contributed by atoms with Crippen LogP contribution in [0.1, 0.15) is 12.5 Å². The fraction of sp³-hybridized carbons (Fsp3) is 0.167. The van der Waals surface area contributed by atoms with Gasteiger partial charge in [-0.05, 0) is 43.3 Å². The Kier molecular flexibility index (Phi) is 6.59. The van der Waals surface area contributed by atoms with Gasteiger partial charge in [-0.25, -0.2) is 4.79 Å². The monoisotopic (exact) mass is 387 g/mol. The Bertz CT molecular complexity index is 939. The molecule has 10 heteroatoms. The van der Waals surface area contributed by atoms with Crippen molar-refractivity contribution in [1.82, 2.24) is 0 Å². The third kappa shape index (κ3) is 5.50. The van der Waals surface area contributed by atoms with E-state index in [-0.39, 0.29) is 5.69 Å². The van der Waals surface area contributed by atoms with Gasteiger partial charge in [0.1, 0.15) is 5.75 Å². The summed E-state index contributed by atoms with van der Waals surface area (Å²) in [6.07, 6.45) is -1.22. The summed E-state index contributed by atoms with van der Waals surface area (Å²) in [4.78, 5) is 33.6. The number of esters is 1. The highest BCUT2D eigenvalue weighted by atomic mass is 19.1. The lowest BCUT2D eigenvalue weighted by Crippen LogP contribution is -2.31. The van der Waals surface area contributed by atoms with Crippen molar-refractivity contribution in [3.63, 3.8) is 0 Å². The Morgan fingerprint density at radius 2 is 1.96 bits per heavy atom. The molecule has 2 rings (SSSR count). The molecule has 1 N–H and O–H groups in total. The van der Waals surface area contributed by atoms with E-state index in [0.717, 1.165) is 18.2 Å². The molecule has 0 heterocycles. The second-order valence-corrected chi connectivity index (χ2v) is 5.47. The molecule has 144 valence electrons. The maximum absolute atomic E-state index is 13.3. The van der Waals surface area contributed by atoms with Crippen LogP contribution in [0.3, 0.4) is 0 Å². The number of carbonyl (C=O) groups excluding carboxylic acids is 2. The number of hydrogen-bond acceptors (Lipinski definition) is 7. The fourth-order valence-electron chi connectivity index (χ4n) is 2.03. The van der Waals surface area contributed by atoms with E-state index in [2.05, 4.69) is 5.32 Å². The number of carbonyl (C=O) groups is 2. The number of ether oxygens (including phenoxy) is 2. The summed E-state index contributed by atoms with van der Waals surface area (Å²) < 4.78 is 23.4. The predicted octanol–water partition coefficient (Wildman–Crippen LogP) is 2.55. The molecule has 9 nitrogen and oxygen atoms in total. The maximum atomic E-state index is 13.3. The summed E-state index contributed by atoms with van der Waals surface area (Å²) in [6.45, 7) is 0.832. The van der Waals surface area contributed by atoms with Crippen LogP contribution >= 0.6 is 0 Å². The smallest absolute Gasteiger partial charge is 0.344 e. The average molecular weight is 387 g/mol. The number of anilines is 1. The number of amides is 1. The second kappa shape index (κ2) is 9.09. The van der Waals surface area contributed by atoms with E-state index in [4.69, 9.17) is 14.7 Å². The number of benzene rings is 2. The SMILES string of the molecule is C[C@@H](OC(=O)COc1ccc(C#N)cc1)C(=O)Nc1ccc(F)c([N+](=O)[O-])c1. The molecule has 0 spiro atoms. The first-order valence-corrected chi connectivity index (χ1v) is 7.87. The summed E-state index contributed by atoms with van der Waals surface area (Å²) in [5.41, 5.74) is -0.380. The number of hydrogen-bond donors (Lipinski definition) is 1. The molecule has 0 unspecified atom stereocenters. The van der Waals surface area contributed by atoms with E-state index < -0.39 is 41.0 Å². The molecule has 0 saturated carbocycles. The van der Waals surface area contributed by atoms with Gasteiger partial charge in [-0.15, -0.1) is 0 Å². The molecule has 1 amide bonds. The lowest BCUT2D eigenvalue weighted by Gasteiger charge is -2.14. The zero-order valence-electron chi connectivity index (χ0n) is 14.5. The van der Waals surface area contributed by atoms with Crippen molar-refractivity contribution in [2.24, 2.45) is 0 Å². The topological polar surface area (TPSA) is 132 Å². The van der Waals surface area contributed by atoms with Gasteiger partial charge in [0.2, 0.25) is 5.82 Å². The molecule has 0 aliphatic rings. The van der Waals surface area contributed by atoms with Crippen LogP contribution < -0.4 is 10.1 Å². The molecule has 2 aromatic rings. The lowest BCUT2D eigenvalue weighted by molar-refractivity contribution is -0.387. The minimum Gasteiger partial charge on any atom is -0.482 e. The van der Waals surface area contributed by atoms with Crippen molar-refractivity contribution >= 4 is 23.3 Å². The zero-order valence-corrected chi connectivity index (χ0v) is 14.5. The largest absolute Gasteiger partial charge is 0.482 e. The molecule has 2 aromatic carbocycles. The van der Waals surface area contributed by atoms with Gasteiger partial charge in [0, 0.05) is 11.8 Å². The van der Waals surface area contributed by atoms with Crippen LogP contribution in [0.25, 0.3) is 0 Å². The molecule has 1 atom stereocenters. The third-order valence-corrected chi connectivity index (χ3v) is 3.43. The van der Waals surface area contributed by atoms with E-state index in [0.29, 0.717) is 11.3 Å². The van der Waals surface area contributed by atoms with Gasteiger partial charge in [-0.2, -0.15) is 9.65 Å². The molecule has 0 aromatic heterocycles. The molecule has 0 radical (unpaired) electrons. The quantitative estimate of drug-likeness (QED) is 0.439. The van der Waals surface area contributed by atoms with Crippen LogP contribution in [0, 0.1) is 27.3 Å². The number of nitriles is 1. The Morgan fingerprint density at radius 1 is 1.29 bits per heavy atom. The fourth-order valence-corrected chi connectivity index (χ4v) is 2.03. The van der Waals surface area contributed by atoms with E-state index in [1.165, 1.54) is 31.2 Å². The third-order valence-electron chi connectivity index (χ3n) is 3.43. The predicted molar refractivity (Wildman–Crippen MR) is 93.9 cm³/mol. The number of nitro groups is 1. The summed E-state index contributed by atoms with van der Waals surface area (Å²) >= 11 is 0. The molecule has 0 aliphatic carbocycles. The number of nitrogens with zero attached hydrogens (tertiary/aromatic N) is 2. The first-order valence-electron chi connectivity index (χ1n) is 7.87. The van der Waals surface area contributed by atoms with Gasteiger partial charge in [0.05, 0.1) is 16.6 Å². The van der Waals surface area contributed by atoms with Crippen LogP contribution in [-0.2, 0) is 14.3 Å². The minimum atomic E-state index is -1.22. The highest BCUT2D eigenvalue weighted by Crippen LogP contribution is 2.21. The molecular formula is C18H14FN3O6. The summed E-state index contributed by atoms with van der Waals surface area (Å²) in [7, 11) is 0. The van der Waals surface area contributed by atoms with Crippen molar-refractivity contribution in [2.75, 3.05) is 11.9 Å². The number of rotatable bonds is 7. The van der Waals surface area contributed by atoms with Gasteiger partial charge in [-0.1, -0.05) is 0 Å². The van der Waals surface area contributed by atoms with Crippen LogP contribution in [0.15, 0.2) is 42.5 Å². The maximum Gasteiger partial charge on any atom is 0.344 e. The van der Waals surface area contributed by atoms with Crippen molar-refractivity contribution in [3.05, 3.63) is 64.0 Å². The highest BCUT2D eigenvalue weighted by molar-refractivity contribution is 5.95. The molecule has 28 heavy (non-hydrogen) atoms. The van der Waals surface area contributed by atoms with Gasteiger partial charge >= 0.3 is 11.7 Å². The lowest BCUT2D eigenvalue weighted by atomic mass is 10.2. The Morgan fingerprint density at radius 3 is 2.57 bits per heavy atom. The van der Waals surface area contributed by atoms with Crippen LogP contribution in [0.5, 0.6) is 5.75 Å². The van der Waals surface area contributed by atoms with Crippen molar-refractivity contribution < 1.29 is 28.4 Å². The first-order chi connectivity index (χ1) is 13.3. The molecule has 0 aliphatic heterocycles. The summed E-state index contributed by atoms with van der Waals surface area (Å²) in [5.74, 6) is -2.28. The zero-order chi connectivity index (χ0) is 20.7. The van der Waals surface area contributed by atoms with Crippen molar-refractivity contribution in [3.8, 4) is 11.8 Å². The van der Waals surface area contributed by atoms with Gasteiger partial charge in [0.25, 0.3) is 5.91 Å². The molecule has 0 bridgehead atoms. The molecule has 0 fully saturated rings. The second-order valence-electron chi connectivity index (χ2n) is 5.47. The minimum absolute atomic E-state index is 0.0187. The standard InChI is InChI=1S/C18H14FN3O6/c1-11(18(24)21-13-4-7-15(19)16(8-13)22(25)26)28-17(23)10-27-14-5-2-12(9-20)3-6-14/h2-8,11H,10H2,1H3,(H,21,24)/t11-/m1/s1. The number of halogens is 1. The van der Waals surface area contributed by atoms with E-state index >= 15 is 0 Å². The Labute approximate surface area is 158 Å². The van der Waals surface area contributed by atoms with Crippen LogP contribution in [0.2, 0.25) is 0 Å². The van der Waals surface area contributed by atoms with E-state index in [1.807, 2.05) is 6.07 Å². The van der Waals surface area contributed by atoms with E-state index in [9.17, 15) is 24.1 Å². The highest BCUT2D eigenvalue weighted by Gasteiger charge is 2.20. The van der Waals surface area contributed by atoms with Crippen LogP contribution in [-0.4, -0.2) is 29.5 Å². The summed E-state index contributed by atoms with van der Waals surface area (Å²) in [6, 6.07) is 10.8.